The maximum Gasteiger partial charge on any atom is 0.230 e. The van der Waals surface area contributed by atoms with Crippen molar-refractivity contribution in [3.63, 3.8) is 0 Å². The fourth-order valence-corrected chi connectivity index (χ4v) is 1.24. The molecule has 0 amide bonds. The number of morpholine rings is 1. The third-order valence-corrected chi connectivity index (χ3v) is 1.94. The molecule has 1 fully saturated rings. The van der Waals surface area contributed by atoms with Crippen LogP contribution < -0.4 is 0 Å². The van der Waals surface area contributed by atoms with Gasteiger partial charge in [-0.3, -0.25) is 15.0 Å². The normalized spacial score (nSPS) is 19.4. The highest BCUT2D eigenvalue weighted by molar-refractivity contribution is 4.75. The molecule has 0 bridgehead atoms. The van der Waals surface area contributed by atoms with Gasteiger partial charge >= 0.3 is 0 Å². The number of nitrogens with zero attached hydrogens (tertiary/aromatic N) is 2. The van der Waals surface area contributed by atoms with E-state index >= 15 is 0 Å². The van der Waals surface area contributed by atoms with Crippen LogP contribution in [0.1, 0.15) is 6.42 Å². The summed E-state index contributed by atoms with van der Waals surface area (Å²) in [5.74, 6) is 0. The van der Waals surface area contributed by atoms with Crippen LogP contribution in [0.25, 0.3) is 0 Å². The van der Waals surface area contributed by atoms with E-state index in [2.05, 4.69) is 4.90 Å². The Hall–Kier alpha value is -0.940. The van der Waals surface area contributed by atoms with Gasteiger partial charge in [-0.1, -0.05) is 0 Å². The molecular formula is C8H14N2O3. The van der Waals surface area contributed by atoms with E-state index in [-0.39, 0.29) is 0 Å². The van der Waals surface area contributed by atoms with Gasteiger partial charge in [-0.25, -0.2) is 0 Å². The molecule has 0 atom stereocenters. The summed E-state index contributed by atoms with van der Waals surface area (Å²) >= 11 is 0. The molecule has 0 radical (unpaired) electrons. The molecule has 0 aromatic heterocycles. The summed E-state index contributed by atoms with van der Waals surface area (Å²) < 4.78 is 5.18. The van der Waals surface area contributed by atoms with E-state index in [0.717, 1.165) is 45.5 Å². The molecule has 1 rings (SSSR count). The molecule has 5 heteroatoms. The molecule has 1 aliphatic rings. The highest BCUT2D eigenvalue weighted by atomic mass is 16.6. The lowest BCUT2D eigenvalue weighted by molar-refractivity contribution is -0.402. The number of hydrogen-bond donors (Lipinski definition) is 0. The van der Waals surface area contributed by atoms with Crippen molar-refractivity contribution in [3.05, 3.63) is 22.4 Å². The minimum Gasteiger partial charge on any atom is -0.379 e. The summed E-state index contributed by atoms with van der Waals surface area (Å²) in [7, 11) is 0. The van der Waals surface area contributed by atoms with E-state index in [0.29, 0.717) is 0 Å². The van der Waals surface area contributed by atoms with E-state index in [1.165, 1.54) is 0 Å². The van der Waals surface area contributed by atoms with Crippen LogP contribution in [-0.4, -0.2) is 42.7 Å². The third-order valence-electron chi connectivity index (χ3n) is 1.94. The maximum absolute atomic E-state index is 9.94. The Morgan fingerprint density at radius 1 is 1.46 bits per heavy atom. The van der Waals surface area contributed by atoms with Gasteiger partial charge in [-0.15, -0.1) is 0 Å². The van der Waals surface area contributed by atoms with Gasteiger partial charge in [0.05, 0.1) is 18.1 Å². The SMILES string of the molecule is O=[N+]([O-])/C=C/CCN1CCOCC1. The summed E-state index contributed by atoms with van der Waals surface area (Å²) in [6.07, 6.45) is 3.33. The predicted octanol–water partition coefficient (Wildman–Crippen LogP) is 0.499. The topological polar surface area (TPSA) is 55.6 Å². The second kappa shape index (κ2) is 5.66. The number of ether oxygens (including phenoxy) is 1. The van der Waals surface area contributed by atoms with Crippen LogP contribution in [0, 0.1) is 10.1 Å². The van der Waals surface area contributed by atoms with Crippen molar-refractivity contribution in [2.75, 3.05) is 32.8 Å². The molecule has 0 aromatic carbocycles. The zero-order valence-electron chi connectivity index (χ0n) is 7.52. The minimum absolute atomic E-state index is 0.431. The largest absolute Gasteiger partial charge is 0.379 e. The molecule has 1 aliphatic heterocycles. The first-order chi connectivity index (χ1) is 6.29. The van der Waals surface area contributed by atoms with Crippen LogP contribution in [0.15, 0.2) is 12.3 Å². The average molecular weight is 186 g/mol. The Morgan fingerprint density at radius 2 is 2.15 bits per heavy atom. The first-order valence-corrected chi connectivity index (χ1v) is 4.39. The Balaban J connectivity index is 2.07. The van der Waals surface area contributed by atoms with Crippen molar-refractivity contribution in [2.24, 2.45) is 0 Å². The highest BCUT2D eigenvalue weighted by Crippen LogP contribution is 1.98. The molecule has 0 aliphatic carbocycles. The van der Waals surface area contributed by atoms with Crippen molar-refractivity contribution in [1.29, 1.82) is 0 Å². The molecule has 74 valence electrons. The van der Waals surface area contributed by atoms with E-state index in [1.54, 1.807) is 6.08 Å². The standard InChI is InChI=1S/C8H14N2O3/c11-10(12)4-2-1-3-9-5-7-13-8-6-9/h2,4H,1,3,5-8H2/b4-2+. The van der Waals surface area contributed by atoms with Gasteiger partial charge in [0.1, 0.15) is 0 Å². The van der Waals surface area contributed by atoms with Gasteiger partial charge in [-0.05, 0) is 12.5 Å². The zero-order chi connectivity index (χ0) is 9.52. The summed E-state index contributed by atoms with van der Waals surface area (Å²) in [4.78, 5) is 11.7. The Bertz CT molecular complexity index is 188. The third kappa shape index (κ3) is 4.59. The molecule has 5 nitrogen and oxygen atoms in total. The zero-order valence-corrected chi connectivity index (χ0v) is 7.52. The summed E-state index contributed by atoms with van der Waals surface area (Å²) in [5, 5.41) is 9.94. The summed E-state index contributed by atoms with van der Waals surface area (Å²) in [5.41, 5.74) is 0. The van der Waals surface area contributed by atoms with Gasteiger partial charge in [0.15, 0.2) is 0 Å². The van der Waals surface area contributed by atoms with E-state index < -0.39 is 4.92 Å². The van der Waals surface area contributed by atoms with E-state index in [1.807, 2.05) is 0 Å². The molecule has 0 aromatic rings. The van der Waals surface area contributed by atoms with E-state index in [9.17, 15) is 10.1 Å². The lowest BCUT2D eigenvalue weighted by Gasteiger charge is -2.25. The van der Waals surface area contributed by atoms with Crippen LogP contribution in [-0.2, 0) is 4.74 Å². The van der Waals surface area contributed by atoms with Gasteiger partial charge in [0, 0.05) is 19.6 Å². The smallest absolute Gasteiger partial charge is 0.230 e. The fourth-order valence-electron chi connectivity index (χ4n) is 1.24. The van der Waals surface area contributed by atoms with E-state index in [4.69, 9.17) is 4.74 Å². The van der Waals surface area contributed by atoms with Crippen LogP contribution in [0.2, 0.25) is 0 Å². The summed E-state index contributed by atoms with van der Waals surface area (Å²) in [6.45, 7) is 4.31. The molecule has 0 saturated carbocycles. The first-order valence-electron chi connectivity index (χ1n) is 4.39. The van der Waals surface area contributed by atoms with Gasteiger partial charge < -0.3 is 4.74 Å². The van der Waals surface area contributed by atoms with Crippen molar-refractivity contribution in [3.8, 4) is 0 Å². The summed E-state index contributed by atoms with van der Waals surface area (Å²) in [6, 6.07) is 0. The lowest BCUT2D eigenvalue weighted by atomic mass is 10.3. The van der Waals surface area contributed by atoms with Gasteiger partial charge in [0.2, 0.25) is 6.20 Å². The molecule has 0 spiro atoms. The van der Waals surface area contributed by atoms with Gasteiger partial charge in [-0.2, -0.15) is 0 Å². The minimum atomic E-state index is -0.431. The lowest BCUT2D eigenvalue weighted by Crippen LogP contribution is -2.36. The Labute approximate surface area is 77.1 Å². The monoisotopic (exact) mass is 186 g/mol. The van der Waals surface area contributed by atoms with Crippen LogP contribution in [0.5, 0.6) is 0 Å². The van der Waals surface area contributed by atoms with Crippen molar-refractivity contribution >= 4 is 0 Å². The van der Waals surface area contributed by atoms with Gasteiger partial charge in [0.25, 0.3) is 0 Å². The van der Waals surface area contributed by atoms with Crippen molar-refractivity contribution in [1.82, 2.24) is 4.90 Å². The van der Waals surface area contributed by atoms with Crippen molar-refractivity contribution < 1.29 is 9.66 Å². The second-order valence-electron chi connectivity index (χ2n) is 2.91. The quantitative estimate of drug-likeness (QED) is 0.474. The highest BCUT2D eigenvalue weighted by Gasteiger charge is 2.08. The molecule has 0 N–H and O–H groups in total. The fraction of sp³-hybridized carbons (Fsp3) is 0.750. The van der Waals surface area contributed by atoms with Crippen LogP contribution >= 0.6 is 0 Å². The molecule has 1 heterocycles. The molecule has 1 saturated heterocycles. The van der Waals surface area contributed by atoms with Crippen LogP contribution in [0.3, 0.4) is 0 Å². The maximum atomic E-state index is 9.94. The molecular weight excluding hydrogens is 172 g/mol. The number of hydrogen-bond acceptors (Lipinski definition) is 4. The number of rotatable bonds is 4. The second-order valence-corrected chi connectivity index (χ2v) is 2.91. The number of nitro groups is 1. The Morgan fingerprint density at radius 3 is 2.77 bits per heavy atom. The van der Waals surface area contributed by atoms with Crippen molar-refractivity contribution in [2.45, 2.75) is 6.42 Å². The molecule has 13 heavy (non-hydrogen) atoms. The average Bonchev–Trinajstić information content (AvgIpc) is 2.14. The predicted molar refractivity (Wildman–Crippen MR) is 48.0 cm³/mol. The molecule has 0 unspecified atom stereocenters. The Kier molecular flexibility index (Phi) is 4.42. The van der Waals surface area contributed by atoms with Crippen LogP contribution in [0.4, 0.5) is 0 Å². The first kappa shape index (κ1) is 10.1.